The van der Waals surface area contributed by atoms with Gasteiger partial charge in [-0.3, -0.25) is 4.90 Å². The minimum Gasteiger partial charge on any atom is -0.357 e. The number of aromatic nitrogens is 3. The van der Waals surface area contributed by atoms with E-state index in [1.165, 1.54) is 11.1 Å². The van der Waals surface area contributed by atoms with Crippen LogP contribution in [-0.2, 0) is 26.1 Å². The van der Waals surface area contributed by atoms with Gasteiger partial charge in [0.1, 0.15) is 12.2 Å². The molecule has 0 bridgehead atoms. The highest BCUT2D eigenvalue weighted by molar-refractivity contribution is 5.79. The molecule has 2 rings (SSSR count). The van der Waals surface area contributed by atoms with Crippen LogP contribution in [0.2, 0.25) is 0 Å². The lowest BCUT2D eigenvalue weighted by Gasteiger charge is -2.20. The molecule has 0 aliphatic carbocycles. The van der Waals surface area contributed by atoms with Gasteiger partial charge in [-0.05, 0) is 31.1 Å². The number of guanidine groups is 1. The molecule has 0 saturated carbocycles. The summed E-state index contributed by atoms with van der Waals surface area (Å²) in [6.07, 6.45) is 2.67. The van der Waals surface area contributed by atoms with Crippen molar-refractivity contribution in [2.24, 2.45) is 4.99 Å². The van der Waals surface area contributed by atoms with Crippen LogP contribution in [0.3, 0.4) is 0 Å². The summed E-state index contributed by atoms with van der Waals surface area (Å²) in [6.45, 7) is 14.8. The van der Waals surface area contributed by atoms with Crippen LogP contribution in [0.15, 0.2) is 35.6 Å². The quantitative estimate of drug-likeness (QED) is 0.459. The van der Waals surface area contributed by atoms with Crippen molar-refractivity contribution in [2.45, 2.75) is 53.8 Å². The second-order valence-corrected chi connectivity index (χ2v) is 6.65. The van der Waals surface area contributed by atoms with Crippen LogP contribution in [0.4, 0.5) is 0 Å². The van der Waals surface area contributed by atoms with E-state index in [1.54, 1.807) is 6.33 Å². The summed E-state index contributed by atoms with van der Waals surface area (Å²) in [5, 5.41) is 14.9. The SMILES string of the molecule is CCNC(=NCc1ccccc1CN(CC)CC)NCCn1cnnc1CC. The van der Waals surface area contributed by atoms with Crippen molar-refractivity contribution >= 4 is 5.96 Å². The van der Waals surface area contributed by atoms with E-state index < -0.39 is 0 Å². The van der Waals surface area contributed by atoms with Crippen molar-refractivity contribution in [2.75, 3.05) is 26.2 Å². The fraction of sp³-hybridized carbons (Fsp3) is 0.571. The van der Waals surface area contributed by atoms with Crippen molar-refractivity contribution in [3.8, 4) is 0 Å². The zero-order valence-electron chi connectivity index (χ0n) is 17.8. The van der Waals surface area contributed by atoms with Gasteiger partial charge < -0.3 is 15.2 Å². The Morgan fingerprint density at radius 2 is 1.82 bits per heavy atom. The summed E-state index contributed by atoms with van der Waals surface area (Å²) in [7, 11) is 0. The van der Waals surface area contributed by atoms with Crippen molar-refractivity contribution < 1.29 is 0 Å². The van der Waals surface area contributed by atoms with Crippen molar-refractivity contribution in [3.05, 3.63) is 47.5 Å². The Bertz CT molecular complexity index is 719. The molecule has 7 heteroatoms. The van der Waals surface area contributed by atoms with Crippen LogP contribution in [0.5, 0.6) is 0 Å². The molecule has 0 saturated heterocycles. The number of nitrogens with zero attached hydrogens (tertiary/aromatic N) is 5. The van der Waals surface area contributed by atoms with E-state index in [1.807, 2.05) is 0 Å². The topological polar surface area (TPSA) is 70.4 Å². The minimum absolute atomic E-state index is 0.666. The summed E-state index contributed by atoms with van der Waals surface area (Å²) in [5.41, 5.74) is 2.63. The lowest BCUT2D eigenvalue weighted by atomic mass is 10.1. The first-order valence-corrected chi connectivity index (χ1v) is 10.4. The van der Waals surface area contributed by atoms with Gasteiger partial charge in [0.15, 0.2) is 5.96 Å². The number of aryl methyl sites for hydroxylation is 1. The number of rotatable bonds is 11. The van der Waals surface area contributed by atoms with Crippen LogP contribution in [-0.4, -0.2) is 51.8 Å². The number of nitrogens with one attached hydrogen (secondary N) is 2. The highest BCUT2D eigenvalue weighted by atomic mass is 15.3. The summed E-state index contributed by atoms with van der Waals surface area (Å²) in [4.78, 5) is 7.23. The predicted octanol–water partition coefficient (Wildman–Crippen LogP) is 2.44. The molecule has 1 heterocycles. The van der Waals surface area contributed by atoms with Crippen molar-refractivity contribution in [1.29, 1.82) is 0 Å². The van der Waals surface area contributed by atoms with Gasteiger partial charge in [-0.15, -0.1) is 10.2 Å². The van der Waals surface area contributed by atoms with Crippen LogP contribution in [0.1, 0.15) is 44.6 Å². The third-order valence-corrected chi connectivity index (χ3v) is 4.82. The molecule has 28 heavy (non-hydrogen) atoms. The number of hydrogen-bond acceptors (Lipinski definition) is 4. The van der Waals surface area contributed by atoms with E-state index in [2.05, 4.69) is 82.3 Å². The van der Waals surface area contributed by atoms with Gasteiger partial charge in [0.05, 0.1) is 6.54 Å². The molecule has 0 unspecified atom stereocenters. The van der Waals surface area contributed by atoms with E-state index >= 15 is 0 Å². The third-order valence-electron chi connectivity index (χ3n) is 4.82. The van der Waals surface area contributed by atoms with Gasteiger partial charge >= 0.3 is 0 Å². The number of aliphatic imine (C=N–C) groups is 1. The zero-order valence-corrected chi connectivity index (χ0v) is 17.8. The smallest absolute Gasteiger partial charge is 0.191 e. The lowest BCUT2D eigenvalue weighted by Crippen LogP contribution is -2.39. The second-order valence-electron chi connectivity index (χ2n) is 6.65. The Hall–Kier alpha value is -2.41. The first-order chi connectivity index (χ1) is 13.7. The molecule has 0 aliphatic heterocycles. The lowest BCUT2D eigenvalue weighted by molar-refractivity contribution is 0.295. The van der Waals surface area contributed by atoms with Crippen molar-refractivity contribution in [3.63, 3.8) is 0 Å². The average Bonchev–Trinajstić information content (AvgIpc) is 3.18. The average molecular weight is 386 g/mol. The Kier molecular flexibility index (Phi) is 9.48. The Morgan fingerprint density at radius 1 is 1.07 bits per heavy atom. The van der Waals surface area contributed by atoms with Gasteiger partial charge in [-0.1, -0.05) is 45.0 Å². The van der Waals surface area contributed by atoms with Crippen molar-refractivity contribution in [1.82, 2.24) is 30.3 Å². The second kappa shape index (κ2) is 12.1. The zero-order chi connectivity index (χ0) is 20.2. The maximum absolute atomic E-state index is 4.80. The Morgan fingerprint density at radius 3 is 2.50 bits per heavy atom. The molecule has 0 amide bonds. The molecule has 0 aliphatic rings. The van der Waals surface area contributed by atoms with E-state index in [0.717, 1.165) is 57.5 Å². The molecule has 154 valence electrons. The number of hydrogen-bond donors (Lipinski definition) is 2. The first kappa shape index (κ1) is 21.9. The van der Waals surface area contributed by atoms with Crippen LogP contribution >= 0.6 is 0 Å². The molecule has 2 N–H and O–H groups in total. The van der Waals surface area contributed by atoms with E-state index in [9.17, 15) is 0 Å². The molecular weight excluding hydrogens is 350 g/mol. The minimum atomic E-state index is 0.666. The first-order valence-electron chi connectivity index (χ1n) is 10.4. The summed E-state index contributed by atoms with van der Waals surface area (Å²) < 4.78 is 2.08. The fourth-order valence-corrected chi connectivity index (χ4v) is 3.09. The number of benzene rings is 1. The maximum atomic E-state index is 4.80. The normalized spacial score (nSPS) is 11.8. The highest BCUT2D eigenvalue weighted by Crippen LogP contribution is 2.13. The molecule has 7 nitrogen and oxygen atoms in total. The molecule has 1 aromatic heterocycles. The van der Waals surface area contributed by atoms with Gasteiger partial charge in [-0.2, -0.15) is 0 Å². The van der Waals surface area contributed by atoms with E-state index in [4.69, 9.17) is 4.99 Å². The predicted molar refractivity (Wildman–Crippen MR) is 115 cm³/mol. The largest absolute Gasteiger partial charge is 0.357 e. The van der Waals surface area contributed by atoms with Crippen LogP contribution < -0.4 is 10.6 Å². The molecule has 0 atom stereocenters. The monoisotopic (exact) mass is 385 g/mol. The molecule has 0 radical (unpaired) electrons. The van der Waals surface area contributed by atoms with E-state index in [0.29, 0.717) is 6.54 Å². The standard InChI is InChI=1S/C21H35N7/c1-5-20-26-25-17-28(20)14-13-23-21(22-6-2)24-15-18-11-9-10-12-19(18)16-27(7-3)8-4/h9-12,17H,5-8,13-16H2,1-4H3,(H2,22,23,24). The van der Waals surface area contributed by atoms with E-state index in [-0.39, 0.29) is 0 Å². The van der Waals surface area contributed by atoms with Gasteiger partial charge in [0.2, 0.25) is 0 Å². The molecule has 1 aromatic carbocycles. The molecule has 2 aromatic rings. The molecule has 0 fully saturated rings. The summed E-state index contributed by atoms with van der Waals surface area (Å²) in [6, 6.07) is 8.59. The van der Waals surface area contributed by atoms with Gasteiger partial charge in [0, 0.05) is 32.6 Å². The highest BCUT2D eigenvalue weighted by Gasteiger charge is 2.07. The van der Waals surface area contributed by atoms with Crippen LogP contribution in [0.25, 0.3) is 0 Å². The van der Waals surface area contributed by atoms with Crippen LogP contribution in [0, 0.1) is 0 Å². The Labute approximate surface area is 169 Å². The fourth-order valence-electron chi connectivity index (χ4n) is 3.09. The molecular formula is C21H35N7. The summed E-state index contributed by atoms with van der Waals surface area (Å²) >= 11 is 0. The molecule has 0 spiro atoms. The van der Waals surface area contributed by atoms with Gasteiger partial charge in [-0.25, -0.2) is 4.99 Å². The summed E-state index contributed by atoms with van der Waals surface area (Å²) in [5.74, 6) is 1.85. The maximum Gasteiger partial charge on any atom is 0.191 e. The van der Waals surface area contributed by atoms with Gasteiger partial charge in [0.25, 0.3) is 0 Å². The third kappa shape index (κ3) is 6.64. The Balaban J connectivity index is 1.98.